The van der Waals surface area contributed by atoms with Crippen molar-refractivity contribution in [2.24, 2.45) is 0 Å². The van der Waals surface area contributed by atoms with Crippen LogP contribution >= 0.6 is 11.8 Å². The van der Waals surface area contributed by atoms with Gasteiger partial charge in [-0.25, -0.2) is 9.67 Å². The summed E-state index contributed by atoms with van der Waals surface area (Å²) in [5.74, 6) is -2.73. The number of halogens is 2. The third-order valence-corrected chi connectivity index (χ3v) is 4.41. The van der Waals surface area contributed by atoms with Crippen LogP contribution in [0.15, 0.2) is 60.1 Å². The first kappa shape index (κ1) is 18.0. The Bertz CT molecular complexity index is 888. The molecule has 9 heteroatoms. The topological polar surface area (TPSA) is 72.7 Å². The van der Waals surface area contributed by atoms with Crippen molar-refractivity contribution < 1.29 is 13.6 Å². The van der Waals surface area contributed by atoms with Crippen molar-refractivity contribution in [3.63, 3.8) is 0 Å². The minimum absolute atomic E-state index is 0.0201. The van der Waals surface area contributed by atoms with Gasteiger partial charge < -0.3 is 5.32 Å². The van der Waals surface area contributed by atoms with Crippen LogP contribution in [0.2, 0.25) is 0 Å². The number of thioether (sulfide) groups is 1. The molecule has 1 atom stereocenters. The summed E-state index contributed by atoms with van der Waals surface area (Å²) in [4.78, 5) is 20.4. The Kier molecular flexibility index (Phi) is 5.57. The second kappa shape index (κ2) is 8.05. The van der Waals surface area contributed by atoms with Gasteiger partial charge in [0.2, 0.25) is 0 Å². The zero-order valence-electron chi connectivity index (χ0n) is 13.7. The number of anilines is 1. The van der Waals surface area contributed by atoms with E-state index >= 15 is 0 Å². The second-order valence-electron chi connectivity index (χ2n) is 5.31. The Labute approximate surface area is 152 Å². The maximum atomic E-state index is 12.7. The summed E-state index contributed by atoms with van der Waals surface area (Å²) in [5, 5.41) is 6.95. The molecule has 0 fully saturated rings. The molecule has 0 saturated carbocycles. The average molecular weight is 375 g/mol. The maximum absolute atomic E-state index is 12.7. The highest BCUT2D eigenvalue weighted by atomic mass is 32.2. The summed E-state index contributed by atoms with van der Waals surface area (Å²) in [6.45, 7) is 1.93. The van der Waals surface area contributed by atoms with Crippen molar-refractivity contribution in [3.8, 4) is 0 Å². The molecule has 0 spiro atoms. The molecule has 0 saturated heterocycles. The van der Waals surface area contributed by atoms with E-state index in [1.165, 1.54) is 18.3 Å². The first-order valence-corrected chi connectivity index (χ1v) is 8.59. The van der Waals surface area contributed by atoms with E-state index in [-0.39, 0.29) is 28.4 Å². The molecule has 26 heavy (non-hydrogen) atoms. The molecule has 1 amide bonds. The van der Waals surface area contributed by atoms with E-state index in [0.717, 1.165) is 5.56 Å². The van der Waals surface area contributed by atoms with Gasteiger partial charge in [0.1, 0.15) is 10.8 Å². The number of hydrogen-bond donors (Lipinski definition) is 1. The molecule has 1 N–H and O–H groups in total. The standard InChI is InChI=1S/C17H15F2N5OS/c1-11(12-4-8-20-9-5-12)24-14(6-10-22-24)23-15(25)13-3-2-7-21-16(13)26-17(18)19/h2-11,17H,1H3,(H,23,25)/t11-/m0/s1. The Morgan fingerprint density at radius 3 is 2.65 bits per heavy atom. The van der Waals surface area contributed by atoms with Crippen LogP contribution in [0.3, 0.4) is 0 Å². The molecule has 3 rings (SSSR count). The molecule has 3 aromatic heterocycles. The van der Waals surface area contributed by atoms with Crippen LogP contribution in [0.4, 0.5) is 14.6 Å². The number of aromatic nitrogens is 4. The van der Waals surface area contributed by atoms with Crippen LogP contribution in [0.1, 0.15) is 28.9 Å². The van der Waals surface area contributed by atoms with Crippen LogP contribution in [-0.2, 0) is 0 Å². The monoisotopic (exact) mass is 375 g/mol. The number of carbonyl (C=O) groups is 1. The Morgan fingerprint density at radius 1 is 1.15 bits per heavy atom. The van der Waals surface area contributed by atoms with Crippen molar-refractivity contribution in [3.05, 3.63) is 66.2 Å². The van der Waals surface area contributed by atoms with Crippen molar-refractivity contribution in [2.45, 2.75) is 23.7 Å². The number of carbonyl (C=O) groups excluding carboxylic acids is 1. The van der Waals surface area contributed by atoms with E-state index in [2.05, 4.69) is 20.4 Å². The SMILES string of the molecule is C[C@@H](c1ccncc1)n1nccc1NC(=O)c1cccnc1SC(F)F. The molecule has 0 aliphatic carbocycles. The highest BCUT2D eigenvalue weighted by Crippen LogP contribution is 2.27. The number of hydrogen-bond acceptors (Lipinski definition) is 5. The number of pyridine rings is 2. The fourth-order valence-electron chi connectivity index (χ4n) is 2.43. The molecule has 0 bridgehead atoms. The van der Waals surface area contributed by atoms with Crippen molar-refractivity contribution >= 4 is 23.5 Å². The minimum atomic E-state index is -2.66. The third-order valence-electron chi connectivity index (χ3n) is 3.68. The van der Waals surface area contributed by atoms with Crippen LogP contribution in [0.5, 0.6) is 0 Å². The summed E-state index contributed by atoms with van der Waals surface area (Å²) in [7, 11) is 0. The highest BCUT2D eigenvalue weighted by Gasteiger charge is 2.19. The van der Waals surface area contributed by atoms with Gasteiger partial charge in [0.25, 0.3) is 11.7 Å². The number of nitrogens with zero attached hydrogens (tertiary/aromatic N) is 4. The van der Waals surface area contributed by atoms with Gasteiger partial charge in [-0.3, -0.25) is 9.78 Å². The van der Waals surface area contributed by atoms with E-state index in [9.17, 15) is 13.6 Å². The Hall–Kier alpha value is -2.81. The lowest BCUT2D eigenvalue weighted by Gasteiger charge is -2.16. The van der Waals surface area contributed by atoms with Crippen LogP contribution in [0, 0.1) is 0 Å². The van der Waals surface area contributed by atoms with Gasteiger partial charge >= 0.3 is 0 Å². The molecule has 3 heterocycles. The fraction of sp³-hybridized carbons (Fsp3) is 0.176. The van der Waals surface area contributed by atoms with Crippen LogP contribution < -0.4 is 5.32 Å². The predicted molar refractivity (Wildman–Crippen MR) is 94.3 cm³/mol. The zero-order valence-corrected chi connectivity index (χ0v) is 14.5. The minimum Gasteiger partial charge on any atom is -0.307 e. The smallest absolute Gasteiger partial charge is 0.290 e. The lowest BCUT2D eigenvalue weighted by Crippen LogP contribution is -2.19. The van der Waals surface area contributed by atoms with Gasteiger partial charge in [0.05, 0.1) is 17.8 Å². The second-order valence-corrected chi connectivity index (χ2v) is 6.29. The molecular formula is C17H15F2N5OS. The van der Waals surface area contributed by atoms with E-state index in [0.29, 0.717) is 5.82 Å². The van der Waals surface area contributed by atoms with Crippen molar-refractivity contribution in [2.75, 3.05) is 5.32 Å². The fourth-order valence-corrected chi connectivity index (χ4v) is 3.01. The van der Waals surface area contributed by atoms with Gasteiger partial charge in [-0.2, -0.15) is 13.9 Å². The Balaban J connectivity index is 1.83. The maximum Gasteiger partial charge on any atom is 0.290 e. The van der Waals surface area contributed by atoms with E-state index in [4.69, 9.17) is 0 Å². The molecule has 0 aromatic carbocycles. The summed E-state index contributed by atoms with van der Waals surface area (Å²) in [5.41, 5.74) is 1.05. The molecule has 134 valence electrons. The van der Waals surface area contributed by atoms with Crippen LogP contribution in [-0.4, -0.2) is 31.4 Å². The van der Waals surface area contributed by atoms with Crippen LogP contribution in [0.25, 0.3) is 0 Å². The van der Waals surface area contributed by atoms with E-state index in [1.54, 1.807) is 29.3 Å². The summed E-state index contributed by atoms with van der Waals surface area (Å²) < 4.78 is 27.0. The van der Waals surface area contributed by atoms with Gasteiger partial charge in [-0.15, -0.1) is 0 Å². The number of alkyl halides is 2. The van der Waals surface area contributed by atoms with Gasteiger partial charge in [0.15, 0.2) is 0 Å². The Morgan fingerprint density at radius 2 is 1.92 bits per heavy atom. The van der Waals surface area contributed by atoms with Gasteiger partial charge in [-0.05, 0) is 48.5 Å². The number of rotatable bonds is 6. The molecular weight excluding hydrogens is 360 g/mol. The summed E-state index contributed by atoms with van der Waals surface area (Å²) in [6, 6.07) is 8.20. The largest absolute Gasteiger partial charge is 0.307 e. The van der Waals surface area contributed by atoms with Crippen molar-refractivity contribution in [1.29, 1.82) is 0 Å². The molecule has 0 aliphatic rings. The van der Waals surface area contributed by atoms with Gasteiger partial charge in [0, 0.05) is 24.7 Å². The summed E-state index contributed by atoms with van der Waals surface area (Å²) >= 11 is 0.239. The zero-order chi connectivity index (χ0) is 18.5. The van der Waals surface area contributed by atoms with Gasteiger partial charge in [-0.1, -0.05) is 0 Å². The first-order valence-electron chi connectivity index (χ1n) is 7.71. The average Bonchev–Trinajstić information content (AvgIpc) is 3.09. The van der Waals surface area contributed by atoms with E-state index < -0.39 is 11.7 Å². The molecule has 0 radical (unpaired) electrons. The van der Waals surface area contributed by atoms with Crippen molar-refractivity contribution in [1.82, 2.24) is 19.7 Å². The first-order chi connectivity index (χ1) is 12.6. The van der Waals surface area contributed by atoms with E-state index in [1.807, 2.05) is 19.1 Å². The quantitative estimate of drug-likeness (QED) is 0.663. The molecule has 0 unspecified atom stereocenters. The lowest BCUT2D eigenvalue weighted by atomic mass is 10.1. The third kappa shape index (κ3) is 4.05. The number of nitrogens with one attached hydrogen (secondary N) is 1. The summed E-state index contributed by atoms with van der Waals surface area (Å²) in [6.07, 6.45) is 6.29. The lowest BCUT2D eigenvalue weighted by molar-refractivity contribution is 0.102. The normalized spacial score (nSPS) is 12.2. The predicted octanol–water partition coefficient (Wildman–Crippen LogP) is 3.85. The number of amides is 1. The molecule has 3 aromatic rings. The molecule has 6 nitrogen and oxygen atoms in total. The highest BCUT2D eigenvalue weighted by molar-refractivity contribution is 7.99. The molecule has 0 aliphatic heterocycles.